The molecule has 0 radical (unpaired) electrons. The van der Waals surface area contributed by atoms with Crippen molar-refractivity contribution in [3.8, 4) is 0 Å². The van der Waals surface area contributed by atoms with E-state index in [1.54, 1.807) is 0 Å². The SMILES string of the molecule is CCC(C)(C)C(=O)OC(OC1C2(C)CCC(C2)C1(C)C)C12CCC(CC1)O2. The first-order valence-electron chi connectivity index (χ1n) is 11.1. The molecule has 4 unspecified atom stereocenters. The maximum absolute atomic E-state index is 13.0. The lowest BCUT2D eigenvalue weighted by atomic mass is 9.70. The van der Waals surface area contributed by atoms with Crippen molar-refractivity contribution in [2.24, 2.45) is 22.2 Å². The Labute approximate surface area is 164 Å². The molecule has 4 heteroatoms. The third-order valence-corrected chi connectivity index (χ3v) is 8.66. The topological polar surface area (TPSA) is 44.8 Å². The summed E-state index contributed by atoms with van der Waals surface area (Å²) >= 11 is 0. The van der Waals surface area contributed by atoms with Crippen LogP contribution in [0.25, 0.3) is 0 Å². The van der Waals surface area contributed by atoms with Crippen molar-refractivity contribution < 1.29 is 19.0 Å². The number of carbonyl (C=O) groups excluding carboxylic acids is 1. The van der Waals surface area contributed by atoms with Gasteiger partial charge < -0.3 is 14.2 Å². The number of esters is 1. The highest BCUT2D eigenvalue weighted by atomic mass is 16.7. The first-order chi connectivity index (χ1) is 12.5. The van der Waals surface area contributed by atoms with E-state index < -0.39 is 17.3 Å². The van der Waals surface area contributed by atoms with Gasteiger partial charge in [-0.3, -0.25) is 4.79 Å². The highest BCUT2D eigenvalue weighted by molar-refractivity contribution is 5.76. The number of carbonyl (C=O) groups is 1. The molecule has 4 bridgehead atoms. The predicted octanol–water partition coefficient (Wildman–Crippen LogP) is 5.23. The summed E-state index contributed by atoms with van der Waals surface area (Å²) in [6.45, 7) is 13.0. The van der Waals surface area contributed by atoms with E-state index >= 15 is 0 Å². The Morgan fingerprint density at radius 2 is 1.81 bits per heavy atom. The van der Waals surface area contributed by atoms with Crippen LogP contribution in [0.2, 0.25) is 0 Å². The molecule has 4 rings (SSSR count). The second-order valence-corrected chi connectivity index (χ2v) is 11.3. The van der Waals surface area contributed by atoms with Crippen molar-refractivity contribution in [3.63, 3.8) is 0 Å². The number of fused-ring (bicyclic) bond motifs is 4. The maximum atomic E-state index is 13.0. The van der Waals surface area contributed by atoms with Gasteiger partial charge in [-0.2, -0.15) is 0 Å². The highest BCUT2D eigenvalue weighted by Crippen LogP contribution is 2.64. The molecule has 2 heterocycles. The summed E-state index contributed by atoms with van der Waals surface area (Å²) in [4.78, 5) is 13.0. The fraction of sp³-hybridized carbons (Fsp3) is 0.957. The lowest BCUT2D eigenvalue weighted by Crippen LogP contribution is -2.53. The van der Waals surface area contributed by atoms with Gasteiger partial charge in [0.05, 0.1) is 17.6 Å². The van der Waals surface area contributed by atoms with Gasteiger partial charge in [-0.05, 0) is 82.0 Å². The zero-order valence-corrected chi connectivity index (χ0v) is 18.1. The van der Waals surface area contributed by atoms with E-state index in [0.717, 1.165) is 32.1 Å². The van der Waals surface area contributed by atoms with Gasteiger partial charge in [-0.1, -0.05) is 27.7 Å². The fourth-order valence-electron chi connectivity index (χ4n) is 6.32. The van der Waals surface area contributed by atoms with Crippen molar-refractivity contribution in [2.45, 2.75) is 117 Å². The molecule has 2 aliphatic carbocycles. The summed E-state index contributed by atoms with van der Waals surface area (Å²) in [6, 6.07) is 0. The molecule has 0 aromatic carbocycles. The Balaban J connectivity index is 1.60. The Morgan fingerprint density at radius 3 is 2.30 bits per heavy atom. The van der Waals surface area contributed by atoms with Crippen molar-refractivity contribution in [2.75, 3.05) is 0 Å². The first-order valence-corrected chi connectivity index (χ1v) is 11.1. The molecule has 0 N–H and O–H groups in total. The van der Waals surface area contributed by atoms with Gasteiger partial charge in [-0.15, -0.1) is 0 Å². The molecule has 154 valence electrons. The van der Waals surface area contributed by atoms with E-state index in [0.29, 0.717) is 12.0 Å². The van der Waals surface area contributed by atoms with E-state index in [9.17, 15) is 4.79 Å². The monoisotopic (exact) mass is 378 g/mol. The summed E-state index contributed by atoms with van der Waals surface area (Å²) in [5.41, 5.74) is -0.626. The fourth-order valence-corrected chi connectivity index (χ4v) is 6.32. The molecule has 0 amide bonds. The van der Waals surface area contributed by atoms with E-state index in [-0.39, 0.29) is 22.9 Å². The van der Waals surface area contributed by atoms with E-state index in [1.807, 2.05) is 20.8 Å². The Hall–Kier alpha value is -0.610. The van der Waals surface area contributed by atoms with Crippen LogP contribution in [0.4, 0.5) is 0 Å². The Bertz CT molecular complexity index is 597. The average Bonchev–Trinajstić information content (AvgIpc) is 3.35. The van der Waals surface area contributed by atoms with Crippen molar-refractivity contribution in [3.05, 3.63) is 0 Å². The van der Waals surface area contributed by atoms with Crippen LogP contribution in [0, 0.1) is 22.2 Å². The second kappa shape index (κ2) is 6.19. The van der Waals surface area contributed by atoms with Gasteiger partial charge in [0.1, 0.15) is 5.60 Å². The van der Waals surface area contributed by atoms with E-state index in [4.69, 9.17) is 14.2 Å². The third kappa shape index (κ3) is 2.97. The third-order valence-electron chi connectivity index (χ3n) is 8.66. The first kappa shape index (κ1) is 19.7. The van der Waals surface area contributed by atoms with Gasteiger partial charge >= 0.3 is 5.97 Å². The molecule has 0 aromatic heterocycles. The lowest BCUT2D eigenvalue weighted by molar-refractivity contribution is -0.275. The van der Waals surface area contributed by atoms with Crippen LogP contribution in [0.1, 0.15) is 92.9 Å². The minimum Gasteiger partial charge on any atom is -0.432 e. The predicted molar refractivity (Wildman–Crippen MR) is 104 cm³/mol. The van der Waals surface area contributed by atoms with Crippen LogP contribution in [0.5, 0.6) is 0 Å². The quantitative estimate of drug-likeness (QED) is 0.469. The molecule has 4 nitrogen and oxygen atoms in total. The van der Waals surface area contributed by atoms with Gasteiger partial charge in [-0.25, -0.2) is 0 Å². The lowest BCUT2D eigenvalue weighted by Gasteiger charge is -2.46. The molecular formula is C23H38O4. The van der Waals surface area contributed by atoms with Crippen molar-refractivity contribution >= 4 is 5.97 Å². The molecule has 4 fully saturated rings. The summed E-state index contributed by atoms with van der Waals surface area (Å²) in [5, 5.41) is 0. The van der Waals surface area contributed by atoms with Crippen LogP contribution >= 0.6 is 0 Å². The minimum atomic E-state index is -0.580. The normalized spacial score (nSPS) is 43.3. The smallest absolute Gasteiger partial charge is 0.313 e. The molecule has 2 saturated heterocycles. The standard InChI is InChI=1S/C23H38O4/c1-7-20(2,3)18(24)26-19(23-12-9-16(27-23)10-13-23)25-17-21(4,5)15-8-11-22(17,6)14-15/h15-17,19H,7-14H2,1-6H3. The highest BCUT2D eigenvalue weighted by Gasteiger charge is 2.63. The second-order valence-electron chi connectivity index (χ2n) is 11.3. The largest absolute Gasteiger partial charge is 0.432 e. The van der Waals surface area contributed by atoms with Crippen molar-refractivity contribution in [1.29, 1.82) is 0 Å². The molecule has 0 aromatic rings. The van der Waals surface area contributed by atoms with E-state index in [1.165, 1.54) is 19.3 Å². The van der Waals surface area contributed by atoms with Crippen LogP contribution in [-0.4, -0.2) is 30.1 Å². The van der Waals surface area contributed by atoms with Crippen LogP contribution < -0.4 is 0 Å². The summed E-state index contributed by atoms with van der Waals surface area (Å²) < 4.78 is 19.3. The Kier molecular flexibility index (Phi) is 4.52. The average molecular weight is 379 g/mol. The molecular weight excluding hydrogens is 340 g/mol. The molecule has 4 atom stereocenters. The number of hydrogen-bond acceptors (Lipinski definition) is 4. The van der Waals surface area contributed by atoms with Crippen molar-refractivity contribution in [1.82, 2.24) is 0 Å². The zero-order valence-electron chi connectivity index (χ0n) is 18.1. The summed E-state index contributed by atoms with van der Waals surface area (Å²) in [6.07, 6.45) is 8.33. The number of rotatable bonds is 6. The minimum absolute atomic E-state index is 0.115. The van der Waals surface area contributed by atoms with Crippen LogP contribution in [0.3, 0.4) is 0 Å². The number of hydrogen-bond donors (Lipinski definition) is 0. The van der Waals surface area contributed by atoms with Gasteiger partial charge in [0.15, 0.2) is 0 Å². The van der Waals surface area contributed by atoms with Gasteiger partial charge in [0.25, 0.3) is 0 Å². The summed E-state index contributed by atoms with van der Waals surface area (Å²) in [7, 11) is 0. The summed E-state index contributed by atoms with van der Waals surface area (Å²) in [5.74, 6) is 0.545. The van der Waals surface area contributed by atoms with Crippen LogP contribution in [0.15, 0.2) is 0 Å². The van der Waals surface area contributed by atoms with Gasteiger partial charge in [0, 0.05) is 0 Å². The molecule has 2 aliphatic heterocycles. The maximum Gasteiger partial charge on any atom is 0.313 e. The Morgan fingerprint density at radius 1 is 1.15 bits per heavy atom. The van der Waals surface area contributed by atoms with Gasteiger partial charge in [0.2, 0.25) is 6.29 Å². The van der Waals surface area contributed by atoms with E-state index in [2.05, 4.69) is 20.8 Å². The number of ether oxygens (including phenoxy) is 3. The zero-order chi connectivity index (χ0) is 19.7. The molecule has 27 heavy (non-hydrogen) atoms. The molecule has 4 aliphatic rings. The molecule has 2 saturated carbocycles. The molecule has 0 spiro atoms. The van der Waals surface area contributed by atoms with Crippen LogP contribution in [-0.2, 0) is 19.0 Å².